The zero-order valence-electron chi connectivity index (χ0n) is 11.3. The van der Waals surface area contributed by atoms with Gasteiger partial charge in [0, 0.05) is 43.0 Å². The van der Waals surface area contributed by atoms with Crippen LogP contribution in [0.1, 0.15) is 17.5 Å². The van der Waals surface area contributed by atoms with Gasteiger partial charge in [0.05, 0.1) is 12.3 Å². The van der Waals surface area contributed by atoms with Gasteiger partial charge in [0.1, 0.15) is 5.01 Å². The Morgan fingerprint density at radius 1 is 1.42 bits per heavy atom. The molecule has 0 aliphatic carbocycles. The highest BCUT2D eigenvalue weighted by atomic mass is 32.1. The second kappa shape index (κ2) is 7.33. The van der Waals surface area contributed by atoms with Crippen LogP contribution in [0.5, 0.6) is 0 Å². The number of ether oxygens (including phenoxy) is 1. The maximum atomic E-state index is 5.03. The number of hydrogen-bond acceptors (Lipinski definition) is 5. The van der Waals surface area contributed by atoms with Gasteiger partial charge in [0.2, 0.25) is 0 Å². The van der Waals surface area contributed by atoms with Crippen molar-refractivity contribution in [3.63, 3.8) is 0 Å². The van der Waals surface area contributed by atoms with Crippen LogP contribution < -0.4 is 5.32 Å². The summed E-state index contributed by atoms with van der Waals surface area (Å²) in [5.74, 6) is 0. The molecule has 0 amide bonds. The molecule has 0 fully saturated rings. The molecule has 5 heteroatoms. The molecule has 0 radical (unpaired) electrons. The lowest BCUT2D eigenvalue weighted by atomic mass is 10.3. The van der Waals surface area contributed by atoms with Crippen LogP contribution in [-0.2, 0) is 17.7 Å². The van der Waals surface area contributed by atoms with Gasteiger partial charge in [-0.25, -0.2) is 4.98 Å². The molecule has 0 aliphatic rings. The molecular formula is C14H19N3OS. The number of rotatable bonds is 7. The Balaban J connectivity index is 2.09. The van der Waals surface area contributed by atoms with Crippen molar-refractivity contribution < 1.29 is 4.74 Å². The van der Waals surface area contributed by atoms with Crippen molar-refractivity contribution in [2.24, 2.45) is 0 Å². The van der Waals surface area contributed by atoms with Crippen LogP contribution in [0.2, 0.25) is 0 Å². The molecule has 2 aromatic rings. The fourth-order valence-corrected chi connectivity index (χ4v) is 2.90. The Labute approximate surface area is 117 Å². The lowest BCUT2D eigenvalue weighted by molar-refractivity contribution is 0.199. The molecule has 0 bridgehead atoms. The molecule has 0 saturated carbocycles. The van der Waals surface area contributed by atoms with Gasteiger partial charge in [0.15, 0.2) is 0 Å². The van der Waals surface area contributed by atoms with Gasteiger partial charge < -0.3 is 10.1 Å². The first-order chi connectivity index (χ1) is 9.35. The Bertz CT molecular complexity index is 499. The van der Waals surface area contributed by atoms with Gasteiger partial charge >= 0.3 is 0 Å². The molecule has 2 rings (SSSR count). The van der Waals surface area contributed by atoms with Crippen molar-refractivity contribution in [2.75, 3.05) is 20.3 Å². The summed E-state index contributed by atoms with van der Waals surface area (Å²) in [7, 11) is 1.71. The highest BCUT2D eigenvalue weighted by Crippen LogP contribution is 2.27. The average molecular weight is 277 g/mol. The molecule has 0 aromatic carbocycles. The van der Waals surface area contributed by atoms with E-state index in [1.807, 2.05) is 18.3 Å². The number of aryl methyl sites for hydroxylation is 1. The van der Waals surface area contributed by atoms with Crippen LogP contribution >= 0.6 is 11.3 Å². The predicted octanol–water partition coefficient (Wildman–Crippen LogP) is 2.50. The van der Waals surface area contributed by atoms with E-state index in [9.17, 15) is 0 Å². The Morgan fingerprint density at radius 3 is 3.00 bits per heavy atom. The molecule has 0 unspecified atom stereocenters. The number of nitrogens with one attached hydrogen (secondary N) is 1. The largest absolute Gasteiger partial charge is 0.383 e. The second-order valence-electron chi connectivity index (χ2n) is 4.15. The number of aromatic nitrogens is 2. The first-order valence-corrected chi connectivity index (χ1v) is 7.25. The normalized spacial score (nSPS) is 10.8. The van der Waals surface area contributed by atoms with E-state index in [0.29, 0.717) is 0 Å². The number of thiazole rings is 1. The number of methoxy groups -OCH3 is 1. The quantitative estimate of drug-likeness (QED) is 0.790. The maximum Gasteiger partial charge on any atom is 0.125 e. The van der Waals surface area contributed by atoms with E-state index in [1.165, 1.54) is 10.6 Å². The molecule has 0 atom stereocenters. The van der Waals surface area contributed by atoms with Gasteiger partial charge in [-0.05, 0) is 18.6 Å². The third-order valence-corrected chi connectivity index (χ3v) is 3.94. The number of hydrogen-bond donors (Lipinski definition) is 1. The summed E-state index contributed by atoms with van der Waals surface area (Å²) >= 11 is 1.74. The standard InChI is InChI=1S/C14H19N3OS/c1-3-12-13(10-16-7-8-18-2)19-14(17-12)11-5-4-6-15-9-11/h4-6,9,16H,3,7-8,10H2,1-2H3. The topological polar surface area (TPSA) is 47.0 Å². The van der Waals surface area contributed by atoms with Crippen LogP contribution in [0.25, 0.3) is 10.6 Å². The monoisotopic (exact) mass is 277 g/mol. The number of nitrogens with zero attached hydrogens (tertiary/aromatic N) is 2. The van der Waals surface area contributed by atoms with E-state index in [-0.39, 0.29) is 0 Å². The summed E-state index contributed by atoms with van der Waals surface area (Å²) < 4.78 is 5.03. The highest BCUT2D eigenvalue weighted by molar-refractivity contribution is 7.15. The smallest absolute Gasteiger partial charge is 0.125 e. The van der Waals surface area contributed by atoms with Gasteiger partial charge in [-0.2, -0.15) is 0 Å². The summed E-state index contributed by atoms with van der Waals surface area (Å²) in [6.45, 7) is 4.58. The minimum Gasteiger partial charge on any atom is -0.383 e. The van der Waals surface area contributed by atoms with E-state index in [0.717, 1.165) is 36.7 Å². The molecule has 0 saturated heterocycles. The summed E-state index contributed by atoms with van der Waals surface area (Å²) in [4.78, 5) is 10.2. The maximum absolute atomic E-state index is 5.03. The van der Waals surface area contributed by atoms with Crippen molar-refractivity contribution in [1.82, 2.24) is 15.3 Å². The summed E-state index contributed by atoms with van der Waals surface area (Å²) in [5.41, 5.74) is 2.26. The van der Waals surface area contributed by atoms with Gasteiger partial charge in [0.25, 0.3) is 0 Å². The van der Waals surface area contributed by atoms with Gasteiger partial charge in [-0.15, -0.1) is 11.3 Å². The van der Waals surface area contributed by atoms with E-state index in [2.05, 4.69) is 17.2 Å². The van der Waals surface area contributed by atoms with E-state index in [1.54, 1.807) is 24.6 Å². The minimum absolute atomic E-state index is 0.732. The molecule has 0 spiro atoms. The van der Waals surface area contributed by atoms with Gasteiger partial charge in [-0.3, -0.25) is 4.98 Å². The van der Waals surface area contributed by atoms with Crippen LogP contribution in [0.3, 0.4) is 0 Å². The molecule has 0 aliphatic heterocycles. The third kappa shape index (κ3) is 3.83. The van der Waals surface area contributed by atoms with E-state index in [4.69, 9.17) is 9.72 Å². The Hall–Kier alpha value is -1.30. The van der Waals surface area contributed by atoms with Crippen LogP contribution in [0, 0.1) is 0 Å². The zero-order valence-corrected chi connectivity index (χ0v) is 12.2. The highest BCUT2D eigenvalue weighted by Gasteiger charge is 2.10. The molecule has 2 heterocycles. The second-order valence-corrected chi connectivity index (χ2v) is 5.24. The first kappa shape index (κ1) is 14.1. The van der Waals surface area contributed by atoms with Crippen molar-refractivity contribution in [3.05, 3.63) is 35.1 Å². The van der Waals surface area contributed by atoms with Crippen molar-refractivity contribution in [2.45, 2.75) is 19.9 Å². The molecular weight excluding hydrogens is 258 g/mol. The summed E-state index contributed by atoms with van der Waals surface area (Å²) in [5, 5.41) is 4.42. The molecule has 4 nitrogen and oxygen atoms in total. The van der Waals surface area contributed by atoms with Crippen LogP contribution in [0.15, 0.2) is 24.5 Å². The minimum atomic E-state index is 0.732. The zero-order chi connectivity index (χ0) is 13.5. The number of pyridine rings is 1. The first-order valence-electron chi connectivity index (χ1n) is 6.43. The third-order valence-electron chi connectivity index (χ3n) is 2.79. The van der Waals surface area contributed by atoms with Crippen LogP contribution in [-0.4, -0.2) is 30.2 Å². The lowest BCUT2D eigenvalue weighted by Crippen LogP contribution is -2.18. The predicted molar refractivity (Wildman–Crippen MR) is 78.3 cm³/mol. The molecule has 1 N–H and O–H groups in total. The fraction of sp³-hybridized carbons (Fsp3) is 0.429. The molecule has 102 valence electrons. The van der Waals surface area contributed by atoms with Crippen molar-refractivity contribution in [3.8, 4) is 10.6 Å². The summed E-state index contributed by atoms with van der Waals surface area (Å²) in [6, 6.07) is 3.99. The fourth-order valence-electron chi connectivity index (χ4n) is 1.79. The van der Waals surface area contributed by atoms with Crippen LogP contribution in [0.4, 0.5) is 0 Å². The Kier molecular flexibility index (Phi) is 5.44. The van der Waals surface area contributed by atoms with E-state index < -0.39 is 0 Å². The SMILES string of the molecule is CCc1nc(-c2cccnc2)sc1CNCCOC. The van der Waals surface area contributed by atoms with Crippen molar-refractivity contribution in [1.29, 1.82) is 0 Å². The Morgan fingerprint density at radius 2 is 2.32 bits per heavy atom. The molecule has 19 heavy (non-hydrogen) atoms. The average Bonchev–Trinajstić information content (AvgIpc) is 2.88. The lowest BCUT2D eigenvalue weighted by Gasteiger charge is -2.02. The summed E-state index contributed by atoms with van der Waals surface area (Å²) in [6.07, 6.45) is 4.60. The molecule has 2 aromatic heterocycles. The van der Waals surface area contributed by atoms with Crippen molar-refractivity contribution >= 4 is 11.3 Å². The van der Waals surface area contributed by atoms with Gasteiger partial charge in [-0.1, -0.05) is 6.92 Å². The van der Waals surface area contributed by atoms with E-state index >= 15 is 0 Å².